The van der Waals surface area contributed by atoms with E-state index in [0.29, 0.717) is 13.0 Å². The number of carbonyl (C=O) groups excluding carboxylic acids is 1. The van der Waals surface area contributed by atoms with Gasteiger partial charge < -0.3 is 15.0 Å². The molecule has 1 N–H and O–H groups in total. The molecule has 0 aromatic heterocycles. The number of nitrogens with zero attached hydrogens (tertiary/aromatic N) is 1. The van der Waals surface area contributed by atoms with Crippen LogP contribution in [0.3, 0.4) is 0 Å². The van der Waals surface area contributed by atoms with E-state index in [-0.39, 0.29) is 11.9 Å². The highest BCUT2D eigenvalue weighted by atomic mass is 16.5. The van der Waals surface area contributed by atoms with Gasteiger partial charge in [0.25, 0.3) is 0 Å². The normalized spacial score (nSPS) is 12.0. The maximum absolute atomic E-state index is 12.3. The van der Waals surface area contributed by atoms with Crippen LogP contribution in [0.15, 0.2) is 48.5 Å². The molecule has 0 aliphatic carbocycles. The molecule has 0 saturated carbocycles. The van der Waals surface area contributed by atoms with Crippen LogP contribution in [0.2, 0.25) is 0 Å². The van der Waals surface area contributed by atoms with Crippen molar-refractivity contribution in [3.05, 3.63) is 65.2 Å². The lowest BCUT2D eigenvalue weighted by molar-refractivity contribution is -0.121. The largest absolute Gasteiger partial charge is 0.496 e. The number of ether oxygens (including phenoxy) is 1. The fourth-order valence-electron chi connectivity index (χ4n) is 3.01. The second kappa shape index (κ2) is 9.97. The van der Waals surface area contributed by atoms with Crippen LogP contribution in [-0.4, -0.2) is 38.6 Å². The second-order valence-corrected chi connectivity index (χ2v) is 6.70. The zero-order chi connectivity index (χ0) is 18.9. The molecule has 0 spiro atoms. The van der Waals surface area contributed by atoms with Crippen LogP contribution < -0.4 is 10.1 Å². The first kappa shape index (κ1) is 20.0. The number of benzene rings is 2. The molecule has 0 aliphatic rings. The average Bonchev–Trinajstić information content (AvgIpc) is 2.67. The third-order valence-corrected chi connectivity index (χ3v) is 4.69. The number of methoxy groups -OCH3 is 1. The number of hydrogen-bond acceptors (Lipinski definition) is 3. The number of nitrogens with one attached hydrogen (secondary N) is 1. The van der Waals surface area contributed by atoms with Crippen LogP contribution in [0.4, 0.5) is 0 Å². The second-order valence-electron chi connectivity index (χ2n) is 6.70. The highest BCUT2D eigenvalue weighted by molar-refractivity contribution is 5.76. The fraction of sp³-hybridized carbons (Fsp3) is 0.409. The zero-order valence-corrected chi connectivity index (χ0v) is 16.3. The Morgan fingerprint density at radius 1 is 1.08 bits per heavy atom. The van der Waals surface area contributed by atoms with E-state index in [1.54, 1.807) is 7.11 Å². The van der Waals surface area contributed by atoms with Gasteiger partial charge in [-0.3, -0.25) is 4.79 Å². The Balaban J connectivity index is 1.90. The van der Waals surface area contributed by atoms with Gasteiger partial charge in [-0.15, -0.1) is 0 Å². The Kier molecular flexibility index (Phi) is 7.67. The lowest BCUT2D eigenvalue weighted by atomic mass is 10.0. The first-order chi connectivity index (χ1) is 12.5. The average molecular weight is 354 g/mol. The van der Waals surface area contributed by atoms with Gasteiger partial charge >= 0.3 is 0 Å². The highest BCUT2D eigenvalue weighted by Gasteiger charge is 2.18. The Morgan fingerprint density at radius 2 is 1.73 bits per heavy atom. The molecule has 0 heterocycles. The van der Waals surface area contributed by atoms with Gasteiger partial charge in [0.1, 0.15) is 5.75 Å². The molecule has 4 nitrogen and oxygen atoms in total. The van der Waals surface area contributed by atoms with E-state index in [2.05, 4.69) is 41.4 Å². The van der Waals surface area contributed by atoms with Gasteiger partial charge in [-0.2, -0.15) is 0 Å². The maximum atomic E-state index is 12.3. The summed E-state index contributed by atoms with van der Waals surface area (Å²) in [6.45, 7) is 2.70. The third-order valence-electron chi connectivity index (χ3n) is 4.69. The van der Waals surface area contributed by atoms with Gasteiger partial charge in [-0.25, -0.2) is 0 Å². The van der Waals surface area contributed by atoms with Crippen molar-refractivity contribution < 1.29 is 9.53 Å². The molecule has 1 atom stereocenters. The summed E-state index contributed by atoms with van der Waals surface area (Å²) >= 11 is 0. The van der Waals surface area contributed by atoms with Crippen LogP contribution in [-0.2, 0) is 17.6 Å². The van der Waals surface area contributed by atoms with E-state index in [1.165, 1.54) is 11.1 Å². The predicted octanol–water partition coefficient (Wildman–Crippen LogP) is 3.61. The van der Waals surface area contributed by atoms with Crippen LogP contribution >= 0.6 is 0 Å². The molecule has 0 radical (unpaired) electrons. The van der Waals surface area contributed by atoms with E-state index in [9.17, 15) is 4.79 Å². The zero-order valence-electron chi connectivity index (χ0n) is 16.3. The van der Waals surface area contributed by atoms with Crippen LogP contribution in [0.25, 0.3) is 0 Å². The summed E-state index contributed by atoms with van der Waals surface area (Å²) in [5.74, 6) is 0.919. The molecule has 26 heavy (non-hydrogen) atoms. The summed E-state index contributed by atoms with van der Waals surface area (Å²) in [5, 5.41) is 3.07. The van der Waals surface area contributed by atoms with Crippen molar-refractivity contribution in [2.24, 2.45) is 0 Å². The Labute approximate surface area is 157 Å². The molecule has 1 amide bonds. The van der Waals surface area contributed by atoms with Gasteiger partial charge in [0.15, 0.2) is 0 Å². The first-order valence-corrected chi connectivity index (χ1v) is 9.19. The molecule has 4 heteroatoms. The van der Waals surface area contributed by atoms with Gasteiger partial charge in [0.2, 0.25) is 5.91 Å². The SMILES string of the molecule is CCc1ccc(CCC(=O)NCC(c2ccccc2OC)N(C)C)cc1. The molecule has 2 aromatic rings. The van der Waals surface area contributed by atoms with Gasteiger partial charge in [-0.1, -0.05) is 49.4 Å². The third kappa shape index (κ3) is 5.60. The van der Waals surface area contributed by atoms with E-state index in [1.807, 2.05) is 38.4 Å². The first-order valence-electron chi connectivity index (χ1n) is 9.19. The minimum absolute atomic E-state index is 0.0685. The number of likely N-dealkylation sites (N-methyl/N-ethyl adjacent to an activating group) is 1. The summed E-state index contributed by atoms with van der Waals surface area (Å²) in [5.41, 5.74) is 3.60. The van der Waals surface area contributed by atoms with Crippen LogP contribution in [0.5, 0.6) is 5.75 Å². The van der Waals surface area contributed by atoms with Crippen molar-refractivity contribution in [1.82, 2.24) is 10.2 Å². The molecule has 2 rings (SSSR count). The number of carbonyl (C=O) groups is 1. The van der Waals surface area contributed by atoms with E-state index >= 15 is 0 Å². The van der Waals surface area contributed by atoms with Crippen LogP contribution in [0, 0.1) is 0 Å². The topological polar surface area (TPSA) is 41.6 Å². The molecule has 0 bridgehead atoms. The smallest absolute Gasteiger partial charge is 0.220 e. The quantitative estimate of drug-likeness (QED) is 0.748. The summed E-state index contributed by atoms with van der Waals surface area (Å²) < 4.78 is 5.47. The molecule has 0 aliphatic heterocycles. The van der Waals surface area contributed by atoms with E-state index in [0.717, 1.165) is 24.2 Å². The van der Waals surface area contributed by atoms with Gasteiger partial charge in [0, 0.05) is 18.5 Å². The van der Waals surface area contributed by atoms with Crippen LogP contribution in [0.1, 0.15) is 36.1 Å². The van der Waals surface area contributed by atoms with Crippen molar-refractivity contribution in [2.75, 3.05) is 27.7 Å². The Bertz CT molecular complexity index is 696. The minimum atomic E-state index is 0.0685. The number of hydrogen-bond donors (Lipinski definition) is 1. The lowest BCUT2D eigenvalue weighted by Gasteiger charge is -2.26. The van der Waals surface area contributed by atoms with E-state index in [4.69, 9.17) is 4.74 Å². The number of rotatable bonds is 9. The molecule has 0 fully saturated rings. The maximum Gasteiger partial charge on any atom is 0.220 e. The highest BCUT2D eigenvalue weighted by Crippen LogP contribution is 2.27. The van der Waals surface area contributed by atoms with Crippen molar-refractivity contribution >= 4 is 5.91 Å². The Hall–Kier alpha value is -2.33. The summed E-state index contributed by atoms with van der Waals surface area (Å²) in [6.07, 6.45) is 2.30. The van der Waals surface area contributed by atoms with Gasteiger partial charge in [-0.05, 0) is 44.1 Å². The van der Waals surface area contributed by atoms with Crippen molar-refractivity contribution in [3.63, 3.8) is 0 Å². The minimum Gasteiger partial charge on any atom is -0.496 e. The lowest BCUT2D eigenvalue weighted by Crippen LogP contribution is -2.34. The number of amides is 1. The van der Waals surface area contributed by atoms with Crippen molar-refractivity contribution in [1.29, 1.82) is 0 Å². The van der Waals surface area contributed by atoms with Gasteiger partial charge in [0.05, 0.1) is 13.2 Å². The molecule has 2 aromatic carbocycles. The van der Waals surface area contributed by atoms with E-state index < -0.39 is 0 Å². The number of aryl methyl sites for hydroxylation is 2. The predicted molar refractivity (Wildman–Crippen MR) is 107 cm³/mol. The number of para-hydroxylation sites is 1. The summed E-state index contributed by atoms with van der Waals surface area (Å²) in [4.78, 5) is 14.4. The summed E-state index contributed by atoms with van der Waals surface area (Å²) in [7, 11) is 5.70. The summed E-state index contributed by atoms with van der Waals surface area (Å²) in [6, 6.07) is 16.5. The molecular weight excluding hydrogens is 324 g/mol. The van der Waals surface area contributed by atoms with Crippen molar-refractivity contribution in [2.45, 2.75) is 32.2 Å². The molecular formula is C22H30N2O2. The van der Waals surface area contributed by atoms with Crippen molar-refractivity contribution in [3.8, 4) is 5.75 Å². The monoisotopic (exact) mass is 354 g/mol. The molecule has 140 valence electrons. The standard InChI is InChI=1S/C22H30N2O2/c1-5-17-10-12-18(13-11-17)14-15-22(25)23-16-20(24(2)3)19-8-6-7-9-21(19)26-4/h6-13,20H,5,14-16H2,1-4H3,(H,23,25). The molecule has 0 saturated heterocycles. The fourth-order valence-corrected chi connectivity index (χ4v) is 3.01. The molecule has 1 unspecified atom stereocenters. The Morgan fingerprint density at radius 3 is 2.35 bits per heavy atom.